The highest BCUT2D eigenvalue weighted by molar-refractivity contribution is 6.30. The van der Waals surface area contributed by atoms with Crippen molar-refractivity contribution in [3.8, 4) is 0 Å². The molecule has 128 valence electrons. The molecule has 2 saturated heterocycles. The number of nitrogens with one attached hydrogen (secondary N) is 1. The van der Waals surface area contributed by atoms with Crippen LogP contribution in [0.2, 0.25) is 5.02 Å². The van der Waals surface area contributed by atoms with Gasteiger partial charge in [0.2, 0.25) is 5.91 Å². The van der Waals surface area contributed by atoms with Gasteiger partial charge in [-0.2, -0.15) is 0 Å². The zero-order chi connectivity index (χ0) is 15.8. The lowest BCUT2D eigenvalue weighted by molar-refractivity contribution is -0.138. The van der Waals surface area contributed by atoms with Gasteiger partial charge in [-0.3, -0.25) is 4.79 Å². The summed E-state index contributed by atoms with van der Waals surface area (Å²) >= 11 is 6.09. The van der Waals surface area contributed by atoms with Crippen LogP contribution in [0.3, 0.4) is 0 Å². The van der Waals surface area contributed by atoms with Crippen molar-refractivity contribution in [2.24, 2.45) is 5.41 Å². The van der Waals surface area contributed by atoms with Gasteiger partial charge in [0, 0.05) is 24.7 Å². The highest BCUT2D eigenvalue weighted by Gasteiger charge is 2.41. The van der Waals surface area contributed by atoms with Crippen LogP contribution in [-0.4, -0.2) is 37.0 Å². The predicted octanol–water partition coefficient (Wildman–Crippen LogP) is 3.64. The number of amides is 1. The fourth-order valence-electron chi connectivity index (χ4n) is 3.80. The van der Waals surface area contributed by atoms with Crippen LogP contribution in [0.5, 0.6) is 0 Å². The van der Waals surface area contributed by atoms with Crippen LogP contribution < -0.4 is 5.32 Å². The largest absolute Gasteiger partial charge is 0.342 e. The number of carbonyl (C=O) groups excluding carboxylic acids is 1. The minimum atomic E-state index is -0.524. The summed E-state index contributed by atoms with van der Waals surface area (Å²) in [5.74, 6) is 0.218. The van der Waals surface area contributed by atoms with Crippen LogP contribution in [0.1, 0.15) is 38.7 Å². The number of rotatable bonds is 2. The van der Waals surface area contributed by atoms with Crippen LogP contribution in [0.4, 0.5) is 0 Å². The molecule has 0 aliphatic carbocycles. The second-order valence-electron chi connectivity index (χ2n) is 7.35. The predicted molar refractivity (Wildman–Crippen MR) is 97.5 cm³/mol. The van der Waals surface area contributed by atoms with Crippen molar-refractivity contribution in [1.29, 1.82) is 0 Å². The molecule has 5 heteroatoms. The normalized spacial score (nSPS) is 20.4. The molecule has 0 unspecified atom stereocenters. The molecule has 1 N–H and O–H groups in total. The Morgan fingerprint density at radius 2 is 1.96 bits per heavy atom. The Morgan fingerprint density at radius 1 is 1.26 bits per heavy atom. The molecule has 0 saturated carbocycles. The molecule has 0 atom stereocenters. The van der Waals surface area contributed by atoms with E-state index < -0.39 is 5.41 Å². The zero-order valence-electron chi connectivity index (χ0n) is 13.9. The first-order valence-electron chi connectivity index (χ1n) is 8.19. The van der Waals surface area contributed by atoms with Crippen LogP contribution in [0, 0.1) is 5.41 Å². The first kappa shape index (κ1) is 18.6. The fraction of sp³-hybridized carbons (Fsp3) is 0.611. The molecule has 1 spiro atoms. The van der Waals surface area contributed by atoms with Gasteiger partial charge in [-0.25, -0.2) is 0 Å². The first-order valence-corrected chi connectivity index (χ1v) is 8.57. The van der Waals surface area contributed by atoms with Crippen molar-refractivity contribution < 1.29 is 4.79 Å². The molecule has 1 aromatic rings. The highest BCUT2D eigenvalue weighted by Crippen LogP contribution is 2.38. The second kappa shape index (κ2) is 7.00. The van der Waals surface area contributed by atoms with E-state index in [0.717, 1.165) is 44.6 Å². The molecule has 3 nitrogen and oxygen atoms in total. The number of piperidine rings is 1. The lowest BCUT2D eigenvalue weighted by Crippen LogP contribution is -2.49. The van der Waals surface area contributed by atoms with Gasteiger partial charge in [0.1, 0.15) is 0 Å². The maximum absolute atomic E-state index is 13.0. The Kier molecular flexibility index (Phi) is 5.65. The molecule has 1 aromatic carbocycles. The lowest BCUT2D eigenvalue weighted by atomic mass is 9.76. The summed E-state index contributed by atoms with van der Waals surface area (Å²) in [4.78, 5) is 15.0. The molecule has 2 aliphatic rings. The standard InChI is InChI=1S/C18H25ClN2O.ClH/c1-17(2,14-4-3-5-15(19)12-14)16(22)21-10-7-18(8-11-21)6-9-20-13-18;/h3-5,12,20H,6-11,13H2,1-2H3;1H. The van der Waals surface area contributed by atoms with Gasteiger partial charge in [0.25, 0.3) is 0 Å². The van der Waals surface area contributed by atoms with E-state index in [4.69, 9.17) is 11.6 Å². The molecule has 0 radical (unpaired) electrons. The number of hydrogen-bond donors (Lipinski definition) is 1. The molecule has 23 heavy (non-hydrogen) atoms. The van der Waals surface area contributed by atoms with E-state index >= 15 is 0 Å². The average molecular weight is 357 g/mol. The lowest BCUT2D eigenvalue weighted by Gasteiger charge is -2.41. The molecule has 2 heterocycles. The summed E-state index contributed by atoms with van der Waals surface area (Å²) < 4.78 is 0. The molecular weight excluding hydrogens is 331 g/mol. The third-order valence-corrected chi connectivity index (χ3v) is 5.76. The van der Waals surface area contributed by atoms with Gasteiger partial charge in [-0.05, 0) is 62.8 Å². The van der Waals surface area contributed by atoms with Gasteiger partial charge in [0.15, 0.2) is 0 Å². The molecule has 3 rings (SSSR count). The van der Waals surface area contributed by atoms with Crippen molar-refractivity contribution in [3.63, 3.8) is 0 Å². The van der Waals surface area contributed by atoms with E-state index in [9.17, 15) is 4.79 Å². The van der Waals surface area contributed by atoms with Crippen molar-refractivity contribution in [3.05, 3.63) is 34.9 Å². The van der Waals surface area contributed by atoms with Gasteiger partial charge in [-0.1, -0.05) is 23.7 Å². The summed E-state index contributed by atoms with van der Waals surface area (Å²) in [6.45, 7) is 8.01. The minimum Gasteiger partial charge on any atom is -0.342 e. The Balaban J connectivity index is 0.00000192. The topological polar surface area (TPSA) is 32.3 Å². The van der Waals surface area contributed by atoms with E-state index in [0.29, 0.717) is 10.4 Å². The first-order chi connectivity index (χ1) is 10.4. The number of nitrogens with zero attached hydrogens (tertiary/aromatic N) is 1. The van der Waals surface area contributed by atoms with Gasteiger partial charge >= 0.3 is 0 Å². The Hall–Kier alpha value is -0.770. The minimum absolute atomic E-state index is 0. The maximum atomic E-state index is 13.0. The van der Waals surface area contributed by atoms with Gasteiger partial charge < -0.3 is 10.2 Å². The van der Waals surface area contributed by atoms with E-state index in [2.05, 4.69) is 5.32 Å². The number of benzene rings is 1. The van der Waals surface area contributed by atoms with E-state index in [1.165, 1.54) is 6.42 Å². The van der Waals surface area contributed by atoms with Gasteiger partial charge in [0.05, 0.1) is 5.41 Å². The third-order valence-electron chi connectivity index (χ3n) is 5.52. The smallest absolute Gasteiger partial charge is 0.232 e. The number of hydrogen-bond acceptors (Lipinski definition) is 2. The van der Waals surface area contributed by atoms with Crippen molar-refractivity contribution in [1.82, 2.24) is 10.2 Å². The molecular formula is C18H26Cl2N2O. The van der Waals surface area contributed by atoms with Gasteiger partial charge in [-0.15, -0.1) is 12.4 Å². The average Bonchev–Trinajstić information content (AvgIpc) is 2.95. The van der Waals surface area contributed by atoms with Crippen molar-refractivity contribution in [2.75, 3.05) is 26.2 Å². The second-order valence-corrected chi connectivity index (χ2v) is 7.79. The number of halogens is 2. The zero-order valence-corrected chi connectivity index (χ0v) is 15.5. The molecule has 0 aromatic heterocycles. The fourth-order valence-corrected chi connectivity index (χ4v) is 3.99. The van der Waals surface area contributed by atoms with E-state index in [-0.39, 0.29) is 18.3 Å². The Morgan fingerprint density at radius 3 is 2.52 bits per heavy atom. The van der Waals surface area contributed by atoms with Crippen molar-refractivity contribution >= 4 is 29.9 Å². The number of likely N-dealkylation sites (tertiary alicyclic amines) is 1. The third kappa shape index (κ3) is 3.67. The van der Waals surface area contributed by atoms with Crippen molar-refractivity contribution in [2.45, 2.75) is 38.5 Å². The van der Waals surface area contributed by atoms with Crippen LogP contribution >= 0.6 is 24.0 Å². The number of carbonyl (C=O) groups is 1. The Bertz CT molecular complexity index is 558. The molecule has 0 bridgehead atoms. The summed E-state index contributed by atoms with van der Waals surface area (Å²) in [5, 5.41) is 4.16. The molecule has 2 aliphatic heterocycles. The van der Waals surface area contributed by atoms with E-state index in [1.807, 2.05) is 43.0 Å². The maximum Gasteiger partial charge on any atom is 0.232 e. The van der Waals surface area contributed by atoms with E-state index in [1.54, 1.807) is 0 Å². The Labute approximate surface area is 150 Å². The quantitative estimate of drug-likeness (QED) is 0.877. The summed E-state index contributed by atoms with van der Waals surface area (Å²) in [6, 6.07) is 7.67. The molecule has 2 fully saturated rings. The monoisotopic (exact) mass is 356 g/mol. The highest BCUT2D eigenvalue weighted by atomic mass is 35.5. The SMILES string of the molecule is CC(C)(C(=O)N1CCC2(CCNC2)CC1)c1cccc(Cl)c1.Cl. The van der Waals surface area contributed by atoms with Crippen LogP contribution in [0.25, 0.3) is 0 Å². The van der Waals surface area contributed by atoms with Crippen LogP contribution in [-0.2, 0) is 10.2 Å². The summed E-state index contributed by atoms with van der Waals surface area (Å²) in [5.41, 5.74) is 0.910. The summed E-state index contributed by atoms with van der Waals surface area (Å²) in [6.07, 6.45) is 3.50. The molecule has 1 amide bonds. The van der Waals surface area contributed by atoms with Crippen LogP contribution in [0.15, 0.2) is 24.3 Å². The summed E-state index contributed by atoms with van der Waals surface area (Å²) in [7, 11) is 0.